The Hall–Kier alpha value is -3.01. The van der Waals surface area contributed by atoms with Crippen LogP contribution < -0.4 is 10.1 Å². The van der Waals surface area contributed by atoms with Crippen LogP contribution in [0, 0.1) is 19.8 Å². The molecule has 1 atom stereocenters. The van der Waals surface area contributed by atoms with Gasteiger partial charge in [0.15, 0.2) is 0 Å². The number of nitrogens with one attached hydrogen (secondary N) is 1. The van der Waals surface area contributed by atoms with Crippen LogP contribution in [0.1, 0.15) is 59.7 Å². The maximum Gasteiger partial charge on any atom is 0.411 e. The van der Waals surface area contributed by atoms with Gasteiger partial charge >= 0.3 is 6.18 Å². The van der Waals surface area contributed by atoms with Crippen molar-refractivity contribution in [1.82, 2.24) is 15.3 Å². The number of aromatic nitrogens is 2. The lowest BCUT2D eigenvalue weighted by atomic mass is 10.0. The highest BCUT2D eigenvalue weighted by atomic mass is 19.4. The zero-order valence-electron chi connectivity index (χ0n) is 20.0. The summed E-state index contributed by atoms with van der Waals surface area (Å²) in [5, 5.41) is 2.90. The number of hydrogen-bond acceptors (Lipinski definition) is 6. The Morgan fingerprint density at radius 3 is 2.41 bits per heavy atom. The second-order valence-electron chi connectivity index (χ2n) is 8.39. The molecule has 1 amide bonds. The van der Waals surface area contributed by atoms with Crippen LogP contribution in [0.2, 0.25) is 0 Å². The van der Waals surface area contributed by atoms with Gasteiger partial charge in [0.25, 0.3) is 5.91 Å². The quantitative estimate of drug-likeness (QED) is 0.481. The molecule has 0 aromatic carbocycles. The van der Waals surface area contributed by atoms with Crippen molar-refractivity contribution >= 4 is 11.7 Å². The van der Waals surface area contributed by atoms with E-state index in [2.05, 4.69) is 20.0 Å². The summed E-state index contributed by atoms with van der Waals surface area (Å²) in [6.07, 6.45) is -2.81. The Labute approximate surface area is 197 Å². The summed E-state index contributed by atoms with van der Waals surface area (Å²) in [7, 11) is 0. The van der Waals surface area contributed by atoms with Crippen molar-refractivity contribution in [3.8, 4) is 5.88 Å². The zero-order valence-corrected chi connectivity index (χ0v) is 20.0. The molecule has 0 radical (unpaired) electrons. The number of carbonyl (C=O) groups excluding carboxylic acids is 2. The molecule has 2 heterocycles. The highest BCUT2D eigenvalue weighted by Crippen LogP contribution is 2.19. The van der Waals surface area contributed by atoms with Crippen molar-refractivity contribution in [1.29, 1.82) is 0 Å². The van der Waals surface area contributed by atoms with Crippen molar-refractivity contribution in [2.24, 2.45) is 5.92 Å². The van der Waals surface area contributed by atoms with Crippen molar-refractivity contribution < 1.29 is 32.2 Å². The molecule has 0 fully saturated rings. The molecule has 1 N–H and O–H groups in total. The molecule has 186 valence electrons. The van der Waals surface area contributed by atoms with Crippen LogP contribution in [0.25, 0.3) is 0 Å². The molecule has 34 heavy (non-hydrogen) atoms. The molecule has 10 heteroatoms. The normalized spacial score (nSPS) is 12.5. The first kappa shape index (κ1) is 27.2. The number of hydrogen-bond donors (Lipinski definition) is 1. The number of ketones is 1. The van der Waals surface area contributed by atoms with Gasteiger partial charge in [-0.15, -0.1) is 0 Å². The van der Waals surface area contributed by atoms with Crippen LogP contribution in [0.4, 0.5) is 13.2 Å². The summed E-state index contributed by atoms with van der Waals surface area (Å²) in [5.74, 6) is -0.128. The molecule has 0 aliphatic rings. The third-order valence-corrected chi connectivity index (χ3v) is 4.90. The Bertz CT molecular complexity index is 1010. The lowest BCUT2D eigenvalue weighted by Gasteiger charge is -2.17. The summed E-state index contributed by atoms with van der Waals surface area (Å²) >= 11 is 0. The number of alkyl halides is 3. The molecule has 0 saturated carbocycles. The van der Waals surface area contributed by atoms with Gasteiger partial charge in [0, 0.05) is 35.5 Å². The Balaban J connectivity index is 1.98. The molecule has 2 rings (SSSR count). The smallest absolute Gasteiger partial charge is 0.411 e. The first-order chi connectivity index (χ1) is 15.9. The van der Waals surface area contributed by atoms with Crippen molar-refractivity contribution in [3.05, 3.63) is 52.5 Å². The van der Waals surface area contributed by atoms with Crippen molar-refractivity contribution in [2.75, 3.05) is 19.8 Å². The number of ether oxygens (including phenoxy) is 2. The minimum Gasteiger partial charge on any atom is -0.475 e. The maximum atomic E-state index is 12.7. The summed E-state index contributed by atoms with van der Waals surface area (Å²) in [6, 6.07) is 4.92. The predicted molar refractivity (Wildman–Crippen MR) is 120 cm³/mol. The Kier molecular flexibility index (Phi) is 9.55. The van der Waals surface area contributed by atoms with E-state index in [1.807, 2.05) is 39.8 Å². The van der Waals surface area contributed by atoms with Gasteiger partial charge in [-0.3, -0.25) is 14.6 Å². The van der Waals surface area contributed by atoms with Crippen molar-refractivity contribution in [2.45, 2.75) is 53.3 Å². The second kappa shape index (κ2) is 11.9. The number of aryl methyl sites for hydroxylation is 2. The fourth-order valence-electron chi connectivity index (χ4n) is 3.08. The molecule has 1 unspecified atom stereocenters. The van der Waals surface area contributed by atoms with Gasteiger partial charge < -0.3 is 14.8 Å². The van der Waals surface area contributed by atoms with Gasteiger partial charge in [0.1, 0.15) is 19.0 Å². The van der Waals surface area contributed by atoms with Crippen LogP contribution in [-0.2, 0) is 16.0 Å². The number of amides is 1. The third kappa shape index (κ3) is 8.74. The van der Waals surface area contributed by atoms with E-state index in [4.69, 9.17) is 4.74 Å². The molecule has 0 aliphatic carbocycles. The molecular weight excluding hydrogens is 451 g/mol. The van der Waals surface area contributed by atoms with Crippen LogP contribution in [0.3, 0.4) is 0 Å². The fraction of sp³-hybridized carbons (Fsp3) is 0.500. The van der Waals surface area contributed by atoms with E-state index in [0.29, 0.717) is 16.8 Å². The van der Waals surface area contributed by atoms with Crippen LogP contribution in [0.15, 0.2) is 24.4 Å². The summed E-state index contributed by atoms with van der Waals surface area (Å²) in [5.41, 5.74) is 3.11. The lowest BCUT2D eigenvalue weighted by Crippen LogP contribution is -2.27. The van der Waals surface area contributed by atoms with E-state index < -0.39 is 12.8 Å². The average molecular weight is 482 g/mol. The number of Topliss-reactive ketones (excluding diaryl/α,β-unsaturated/α-hetero) is 1. The molecule has 2 aromatic rings. The maximum absolute atomic E-state index is 12.7. The number of rotatable bonds is 11. The minimum absolute atomic E-state index is 0.0852. The molecule has 7 nitrogen and oxygen atoms in total. The van der Waals surface area contributed by atoms with Gasteiger partial charge in [0.05, 0.1) is 18.2 Å². The highest BCUT2D eigenvalue weighted by molar-refractivity contribution is 5.94. The van der Waals surface area contributed by atoms with E-state index >= 15 is 0 Å². The molecular formula is C24H30F3N3O4. The van der Waals surface area contributed by atoms with E-state index in [9.17, 15) is 22.8 Å². The number of pyridine rings is 2. The van der Waals surface area contributed by atoms with E-state index in [1.54, 1.807) is 13.0 Å². The number of nitrogens with zero attached hydrogens (tertiary/aromatic N) is 2. The van der Waals surface area contributed by atoms with Gasteiger partial charge in [0.2, 0.25) is 5.88 Å². The summed E-state index contributed by atoms with van der Waals surface area (Å²) < 4.78 is 46.1. The van der Waals surface area contributed by atoms with E-state index in [0.717, 1.165) is 11.3 Å². The molecule has 0 bridgehead atoms. The monoisotopic (exact) mass is 481 g/mol. The summed E-state index contributed by atoms with van der Waals surface area (Å²) in [6.45, 7) is 7.36. The topological polar surface area (TPSA) is 90.4 Å². The average Bonchev–Trinajstić information content (AvgIpc) is 2.73. The van der Waals surface area contributed by atoms with Crippen LogP contribution in [0.5, 0.6) is 5.88 Å². The highest BCUT2D eigenvalue weighted by Gasteiger charge is 2.27. The predicted octanol–water partition coefficient (Wildman–Crippen LogP) is 4.31. The summed E-state index contributed by atoms with van der Waals surface area (Å²) in [4.78, 5) is 33.3. The lowest BCUT2D eigenvalue weighted by molar-refractivity contribution is -0.175. The first-order valence-corrected chi connectivity index (χ1v) is 10.9. The molecule has 0 aliphatic heterocycles. The van der Waals surface area contributed by atoms with Gasteiger partial charge in [-0.05, 0) is 44.5 Å². The van der Waals surface area contributed by atoms with Gasteiger partial charge in [-0.1, -0.05) is 13.8 Å². The number of halogens is 3. The molecule has 0 saturated heterocycles. The van der Waals surface area contributed by atoms with Crippen molar-refractivity contribution in [3.63, 3.8) is 0 Å². The van der Waals surface area contributed by atoms with Crippen LogP contribution in [-0.4, -0.2) is 47.7 Å². The van der Waals surface area contributed by atoms with Gasteiger partial charge in [-0.2, -0.15) is 13.2 Å². The van der Waals surface area contributed by atoms with Crippen LogP contribution >= 0.6 is 0 Å². The second-order valence-corrected chi connectivity index (χ2v) is 8.39. The standard InChI is InChI=1S/C24H30F3N3O4/c1-14(2)21(31)11-20-10-18(9-16(4)29-20)17(5)30-22(32)19-8-15(3)23(28-12-19)34-7-6-33-13-24(25,26)27/h8-10,12,14,17H,6-7,11,13H2,1-5H3,(H,30,32). The van der Waals surface area contributed by atoms with E-state index in [-0.39, 0.29) is 49.2 Å². The van der Waals surface area contributed by atoms with Gasteiger partial charge in [-0.25, -0.2) is 4.98 Å². The molecule has 2 aromatic heterocycles. The largest absolute Gasteiger partial charge is 0.475 e. The molecule has 0 spiro atoms. The SMILES string of the molecule is Cc1cc(C(C)NC(=O)c2cnc(OCCOCC(F)(F)F)c(C)c2)cc(CC(=O)C(C)C)n1. The third-order valence-electron chi connectivity index (χ3n) is 4.90. The minimum atomic E-state index is -4.39. The Morgan fingerprint density at radius 2 is 1.79 bits per heavy atom. The first-order valence-electron chi connectivity index (χ1n) is 10.9. The zero-order chi connectivity index (χ0) is 25.5. The van der Waals surface area contributed by atoms with E-state index in [1.165, 1.54) is 6.20 Å². The number of carbonyl (C=O) groups is 2. The Morgan fingerprint density at radius 1 is 1.09 bits per heavy atom. The fourth-order valence-corrected chi connectivity index (χ4v) is 3.08.